The Morgan fingerprint density at radius 2 is 0.975 bits per heavy atom. The lowest BCUT2D eigenvalue weighted by Crippen LogP contribution is -2.67. The van der Waals surface area contributed by atoms with Crippen LogP contribution in [0.15, 0.2) is 48.5 Å². The van der Waals surface area contributed by atoms with Gasteiger partial charge in [-0.05, 0) is 158 Å². The second-order valence-corrected chi connectivity index (χ2v) is 15.1. The largest absolute Gasteiger partial charge is 0.481 e. The number of benzene rings is 2. The second kappa shape index (κ2) is 8.83. The number of hydrogen-bond acceptors (Lipinski definition) is 2. The summed E-state index contributed by atoms with van der Waals surface area (Å²) in [4.78, 5) is 0. The van der Waals surface area contributed by atoms with Crippen molar-refractivity contribution in [2.45, 2.75) is 87.9 Å². The molecule has 8 aliphatic rings. The molecule has 2 atom stereocenters. The van der Waals surface area contributed by atoms with Crippen LogP contribution in [0.4, 0.5) is 0 Å². The molecule has 0 saturated heterocycles. The highest BCUT2D eigenvalue weighted by molar-refractivity contribution is 5.43. The SMILES string of the molecule is C#CCOc1ccc(C23CC4CC(c5ccc(OCC#C)cc5)(C2)CC(C25CC6CC(CC(C6)C2)C5)(C4)C3)cc1. The predicted octanol–water partition coefficient (Wildman–Crippen LogP) is 8.09. The van der Waals surface area contributed by atoms with E-state index in [0.717, 1.165) is 35.2 Å². The predicted molar refractivity (Wildman–Crippen MR) is 159 cm³/mol. The molecule has 206 valence electrons. The fourth-order valence-electron chi connectivity index (χ4n) is 12.5. The number of terminal acetylenes is 2. The Hall–Kier alpha value is -2.84. The van der Waals surface area contributed by atoms with Gasteiger partial charge in [-0.1, -0.05) is 36.1 Å². The van der Waals surface area contributed by atoms with Gasteiger partial charge in [0.2, 0.25) is 0 Å². The maximum absolute atomic E-state index is 5.78. The molecule has 0 aliphatic heterocycles. The van der Waals surface area contributed by atoms with E-state index in [1.54, 1.807) is 0 Å². The van der Waals surface area contributed by atoms with Crippen molar-refractivity contribution >= 4 is 0 Å². The first kappa shape index (κ1) is 24.9. The molecular weight excluding hydrogens is 488 g/mol. The molecule has 0 spiro atoms. The van der Waals surface area contributed by atoms with Gasteiger partial charge in [0.15, 0.2) is 0 Å². The summed E-state index contributed by atoms with van der Waals surface area (Å²) in [6.07, 6.45) is 28.2. The lowest BCUT2D eigenvalue weighted by Gasteiger charge is -2.75. The Morgan fingerprint density at radius 3 is 1.40 bits per heavy atom. The van der Waals surface area contributed by atoms with Crippen LogP contribution in [0.3, 0.4) is 0 Å². The monoisotopic (exact) mass is 530 g/mol. The first-order valence-corrected chi connectivity index (χ1v) is 15.8. The molecule has 2 unspecified atom stereocenters. The van der Waals surface area contributed by atoms with Gasteiger partial charge in [-0.15, -0.1) is 12.8 Å². The van der Waals surface area contributed by atoms with Crippen molar-refractivity contribution in [3.05, 3.63) is 59.7 Å². The van der Waals surface area contributed by atoms with Crippen molar-refractivity contribution in [1.82, 2.24) is 0 Å². The third-order valence-electron chi connectivity index (χ3n) is 12.8. The first-order chi connectivity index (χ1) is 19.5. The molecule has 2 nitrogen and oxygen atoms in total. The minimum Gasteiger partial charge on any atom is -0.481 e. The molecule has 10 rings (SSSR count). The summed E-state index contributed by atoms with van der Waals surface area (Å²) < 4.78 is 11.6. The van der Waals surface area contributed by atoms with E-state index in [0.29, 0.717) is 24.0 Å². The van der Waals surface area contributed by atoms with E-state index >= 15 is 0 Å². The van der Waals surface area contributed by atoms with Crippen LogP contribution < -0.4 is 9.47 Å². The summed E-state index contributed by atoms with van der Waals surface area (Å²) >= 11 is 0. The summed E-state index contributed by atoms with van der Waals surface area (Å²) in [6.45, 7) is 0.651. The summed E-state index contributed by atoms with van der Waals surface area (Å²) in [5, 5.41) is 0. The van der Waals surface area contributed by atoms with Crippen molar-refractivity contribution < 1.29 is 9.47 Å². The highest BCUT2D eigenvalue weighted by Gasteiger charge is 2.71. The van der Waals surface area contributed by atoms with E-state index in [2.05, 4.69) is 60.4 Å². The van der Waals surface area contributed by atoms with E-state index < -0.39 is 0 Å². The number of hydrogen-bond donors (Lipinski definition) is 0. The average Bonchev–Trinajstić information content (AvgIpc) is 2.94. The van der Waals surface area contributed by atoms with Gasteiger partial charge < -0.3 is 9.47 Å². The third-order valence-corrected chi connectivity index (χ3v) is 12.8. The van der Waals surface area contributed by atoms with Crippen molar-refractivity contribution in [2.24, 2.45) is 34.5 Å². The summed E-state index contributed by atoms with van der Waals surface area (Å²) in [5.74, 6) is 10.8. The van der Waals surface area contributed by atoms with Gasteiger partial charge in [0, 0.05) is 0 Å². The Kier molecular flexibility index (Phi) is 5.50. The Labute approximate surface area is 240 Å². The molecule has 2 aromatic carbocycles. The first-order valence-electron chi connectivity index (χ1n) is 15.8. The number of ether oxygens (including phenoxy) is 2. The average molecular weight is 531 g/mol. The highest BCUT2D eigenvalue weighted by atomic mass is 16.5. The molecule has 0 amide bonds. The van der Waals surface area contributed by atoms with Gasteiger partial charge in [0.25, 0.3) is 0 Å². The fraction of sp³-hybridized carbons (Fsp3) is 0.579. The lowest BCUT2D eigenvalue weighted by atomic mass is 9.29. The topological polar surface area (TPSA) is 18.5 Å². The summed E-state index contributed by atoms with van der Waals surface area (Å²) in [5.41, 5.74) is 4.58. The van der Waals surface area contributed by atoms with Gasteiger partial charge in [0.1, 0.15) is 24.7 Å². The minimum atomic E-state index is 0.242. The smallest absolute Gasteiger partial charge is 0.148 e. The maximum Gasteiger partial charge on any atom is 0.148 e. The van der Waals surface area contributed by atoms with Crippen LogP contribution in [0.5, 0.6) is 11.5 Å². The Balaban J connectivity index is 1.22. The molecule has 8 aliphatic carbocycles. The Bertz CT molecular complexity index is 1260. The van der Waals surface area contributed by atoms with Crippen LogP contribution in [0.2, 0.25) is 0 Å². The molecule has 0 heterocycles. The van der Waals surface area contributed by atoms with E-state index in [1.165, 1.54) is 88.2 Å². The van der Waals surface area contributed by atoms with Crippen molar-refractivity contribution in [3.63, 3.8) is 0 Å². The zero-order chi connectivity index (χ0) is 27.0. The molecule has 40 heavy (non-hydrogen) atoms. The molecular formula is C38H42O2. The Morgan fingerprint density at radius 1 is 0.550 bits per heavy atom. The van der Waals surface area contributed by atoms with E-state index in [9.17, 15) is 0 Å². The molecule has 8 bridgehead atoms. The van der Waals surface area contributed by atoms with Crippen LogP contribution >= 0.6 is 0 Å². The molecule has 0 N–H and O–H groups in total. The van der Waals surface area contributed by atoms with Crippen molar-refractivity contribution in [2.75, 3.05) is 13.2 Å². The van der Waals surface area contributed by atoms with Gasteiger partial charge in [0.05, 0.1) is 0 Å². The zero-order valence-corrected chi connectivity index (χ0v) is 23.8. The van der Waals surface area contributed by atoms with Gasteiger partial charge >= 0.3 is 0 Å². The third kappa shape index (κ3) is 3.64. The lowest BCUT2D eigenvalue weighted by molar-refractivity contribution is -0.212. The van der Waals surface area contributed by atoms with Crippen LogP contribution in [-0.2, 0) is 10.8 Å². The molecule has 2 heteroatoms. The van der Waals surface area contributed by atoms with Gasteiger partial charge in [-0.25, -0.2) is 0 Å². The van der Waals surface area contributed by atoms with Crippen LogP contribution in [0, 0.1) is 59.2 Å². The fourth-order valence-corrected chi connectivity index (χ4v) is 12.5. The van der Waals surface area contributed by atoms with Crippen LogP contribution in [-0.4, -0.2) is 13.2 Å². The van der Waals surface area contributed by atoms with Crippen molar-refractivity contribution in [3.8, 4) is 36.2 Å². The quantitative estimate of drug-likeness (QED) is 0.337. The van der Waals surface area contributed by atoms with Crippen molar-refractivity contribution in [1.29, 1.82) is 0 Å². The van der Waals surface area contributed by atoms with Crippen LogP contribution in [0.1, 0.15) is 88.2 Å². The van der Waals surface area contributed by atoms with Gasteiger partial charge in [-0.2, -0.15) is 0 Å². The summed E-state index contributed by atoms with van der Waals surface area (Å²) in [7, 11) is 0. The molecule has 0 aromatic heterocycles. The standard InChI is InChI=1S/C38H42O2/c1-3-13-39-33-9-5-31(6-10-33)35-18-30-19-36(24-35,32-7-11-34(12-8-32)40-14-4-2)26-38(23-30,25-35)37-20-27-15-28(21-37)17-29(16-27)22-37/h1-2,5-12,27-30H,13-26H2. The highest BCUT2D eigenvalue weighted by Crippen LogP contribution is 2.79. The van der Waals surface area contributed by atoms with Gasteiger partial charge in [-0.3, -0.25) is 0 Å². The zero-order valence-electron chi connectivity index (χ0n) is 23.8. The van der Waals surface area contributed by atoms with E-state index in [1.807, 2.05) is 0 Å². The maximum atomic E-state index is 5.78. The van der Waals surface area contributed by atoms with Crippen LogP contribution in [0.25, 0.3) is 0 Å². The minimum absolute atomic E-state index is 0.242. The molecule has 8 saturated carbocycles. The second-order valence-electron chi connectivity index (χ2n) is 15.1. The summed E-state index contributed by atoms with van der Waals surface area (Å²) in [6, 6.07) is 18.2. The molecule has 2 aromatic rings. The van der Waals surface area contributed by atoms with E-state index in [4.69, 9.17) is 22.3 Å². The normalized spacial score (nSPS) is 41.9. The molecule has 0 radical (unpaired) electrons. The van der Waals surface area contributed by atoms with E-state index in [-0.39, 0.29) is 10.8 Å². The number of rotatable bonds is 7. The molecule has 8 fully saturated rings.